The first-order valence-electron chi connectivity index (χ1n) is 11.5. The zero-order chi connectivity index (χ0) is 20.1. The molecule has 1 aromatic heterocycles. The first kappa shape index (κ1) is 20.9. The molecule has 3 aliphatic rings. The highest BCUT2D eigenvalue weighted by Crippen LogP contribution is 2.35. The average molecular weight is 418 g/mol. The van der Waals surface area contributed by atoms with Crippen LogP contribution in [0.3, 0.4) is 0 Å². The molecule has 1 N–H and O–H groups in total. The Morgan fingerprint density at radius 1 is 1.00 bits per heavy atom. The number of carbonyl (C=O) groups is 2. The predicted molar refractivity (Wildman–Crippen MR) is 117 cm³/mol. The summed E-state index contributed by atoms with van der Waals surface area (Å²) in [7, 11) is 0. The standard InChI is InChI=1S/C23H35N3O2S/c27-21(19-7-14-25(15-8-19)22(28)20-9-16-29-17-20)24-18-23(10-3-1-4-11-23)26-12-5-2-6-13-26/h9,16-17,19H,1-8,10-15,18H2,(H,24,27). The van der Waals surface area contributed by atoms with Crippen LogP contribution >= 0.6 is 11.3 Å². The van der Waals surface area contributed by atoms with Gasteiger partial charge in [0.2, 0.25) is 5.91 Å². The van der Waals surface area contributed by atoms with Crippen molar-refractivity contribution >= 4 is 23.2 Å². The number of thiophene rings is 1. The number of rotatable bonds is 5. The topological polar surface area (TPSA) is 52.7 Å². The molecule has 3 heterocycles. The third-order valence-electron chi connectivity index (χ3n) is 7.32. The van der Waals surface area contributed by atoms with Gasteiger partial charge in [-0.25, -0.2) is 0 Å². The van der Waals surface area contributed by atoms with Gasteiger partial charge >= 0.3 is 0 Å². The highest BCUT2D eigenvalue weighted by molar-refractivity contribution is 7.08. The second-order valence-corrected chi connectivity index (χ2v) is 9.91. The molecule has 0 bridgehead atoms. The van der Waals surface area contributed by atoms with E-state index in [2.05, 4.69) is 10.2 Å². The fourth-order valence-electron chi connectivity index (χ4n) is 5.49. The summed E-state index contributed by atoms with van der Waals surface area (Å²) in [6.07, 6.45) is 11.9. The van der Waals surface area contributed by atoms with E-state index in [1.54, 1.807) is 11.3 Å². The van der Waals surface area contributed by atoms with Crippen molar-refractivity contribution in [1.29, 1.82) is 0 Å². The van der Waals surface area contributed by atoms with Gasteiger partial charge in [-0.1, -0.05) is 25.7 Å². The van der Waals surface area contributed by atoms with Crippen LogP contribution in [0.25, 0.3) is 0 Å². The number of piperidine rings is 2. The molecule has 0 atom stereocenters. The SMILES string of the molecule is O=C(NCC1(N2CCCCC2)CCCCC1)C1CCN(C(=O)c2ccsc2)CC1. The normalized spacial score (nSPS) is 23.7. The third-order valence-corrected chi connectivity index (χ3v) is 8.01. The molecule has 0 unspecified atom stereocenters. The molecule has 160 valence electrons. The average Bonchev–Trinajstić information content (AvgIpc) is 3.33. The monoisotopic (exact) mass is 417 g/mol. The predicted octanol–water partition coefficient (Wildman–Crippen LogP) is 3.91. The summed E-state index contributed by atoms with van der Waals surface area (Å²) < 4.78 is 0. The number of nitrogens with one attached hydrogen (secondary N) is 1. The lowest BCUT2D eigenvalue weighted by Crippen LogP contribution is -2.58. The molecule has 5 nitrogen and oxygen atoms in total. The summed E-state index contributed by atoms with van der Waals surface area (Å²) in [5.74, 6) is 0.356. The summed E-state index contributed by atoms with van der Waals surface area (Å²) in [5.41, 5.74) is 0.961. The van der Waals surface area contributed by atoms with Crippen molar-refractivity contribution in [3.63, 3.8) is 0 Å². The van der Waals surface area contributed by atoms with Crippen LogP contribution < -0.4 is 5.32 Å². The van der Waals surface area contributed by atoms with E-state index in [0.29, 0.717) is 13.1 Å². The third kappa shape index (κ3) is 4.85. The number of nitrogens with zero attached hydrogens (tertiary/aromatic N) is 2. The van der Waals surface area contributed by atoms with Crippen LogP contribution in [0, 0.1) is 5.92 Å². The second-order valence-electron chi connectivity index (χ2n) is 9.13. The lowest BCUT2D eigenvalue weighted by atomic mass is 9.79. The molecule has 2 saturated heterocycles. The molecule has 3 fully saturated rings. The minimum atomic E-state index is 0.0449. The van der Waals surface area contributed by atoms with Gasteiger partial charge < -0.3 is 10.2 Å². The molecule has 6 heteroatoms. The number of hydrogen-bond acceptors (Lipinski definition) is 4. The van der Waals surface area contributed by atoms with Crippen LogP contribution in [-0.4, -0.2) is 59.9 Å². The van der Waals surface area contributed by atoms with Gasteiger partial charge in [0.05, 0.1) is 5.56 Å². The van der Waals surface area contributed by atoms with E-state index in [-0.39, 0.29) is 23.3 Å². The number of amides is 2. The summed E-state index contributed by atoms with van der Waals surface area (Å²) >= 11 is 1.55. The van der Waals surface area contributed by atoms with E-state index in [0.717, 1.165) is 24.9 Å². The number of likely N-dealkylation sites (tertiary alicyclic amines) is 2. The molecule has 1 aromatic rings. The lowest BCUT2D eigenvalue weighted by molar-refractivity contribution is -0.127. The van der Waals surface area contributed by atoms with E-state index >= 15 is 0 Å². The Balaban J connectivity index is 1.29. The first-order valence-corrected chi connectivity index (χ1v) is 12.5. The van der Waals surface area contributed by atoms with Gasteiger partial charge in [-0.2, -0.15) is 11.3 Å². The molecule has 1 aliphatic carbocycles. The summed E-state index contributed by atoms with van der Waals surface area (Å²) in [6, 6.07) is 1.88. The van der Waals surface area contributed by atoms with Crippen molar-refractivity contribution in [2.45, 2.75) is 69.7 Å². The zero-order valence-electron chi connectivity index (χ0n) is 17.5. The summed E-state index contributed by atoms with van der Waals surface area (Å²) in [5, 5.41) is 7.20. The van der Waals surface area contributed by atoms with Crippen molar-refractivity contribution in [3.8, 4) is 0 Å². The Kier molecular flexibility index (Phi) is 6.91. The minimum absolute atomic E-state index is 0.0449. The van der Waals surface area contributed by atoms with Crippen molar-refractivity contribution in [2.75, 3.05) is 32.7 Å². The molecule has 2 amide bonds. The number of carbonyl (C=O) groups excluding carboxylic acids is 2. The van der Waals surface area contributed by atoms with Gasteiger partial charge in [0.1, 0.15) is 0 Å². The van der Waals surface area contributed by atoms with E-state index < -0.39 is 0 Å². The van der Waals surface area contributed by atoms with Crippen LogP contribution in [0.4, 0.5) is 0 Å². The molecular weight excluding hydrogens is 382 g/mol. The number of hydrogen-bond donors (Lipinski definition) is 1. The lowest BCUT2D eigenvalue weighted by Gasteiger charge is -2.48. The van der Waals surface area contributed by atoms with Crippen LogP contribution in [-0.2, 0) is 4.79 Å². The molecule has 1 saturated carbocycles. The quantitative estimate of drug-likeness (QED) is 0.790. The van der Waals surface area contributed by atoms with E-state index in [9.17, 15) is 9.59 Å². The van der Waals surface area contributed by atoms with Crippen molar-refractivity contribution in [1.82, 2.24) is 15.1 Å². The largest absolute Gasteiger partial charge is 0.354 e. The Morgan fingerprint density at radius 3 is 2.34 bits per heavy atom. The summed E-state index contributed by atoms with van der Waals surface area (Å²) in [4.78, 5) is 30.1. The molecule has 0 radical (unpaired) electrons. The van der Waals surface area contributed by atoms with E-state index in [1.165, 1.54) is 64.5 Å². The zero-order valence-corrected chi connectivity index (χ0v) is 18.4. The van der Waals surface area contributed by atoms with Gasteiger partial charge in [-0.15, -0.1) is 0 Å². The Bertz CT molecular complexity index is 670. The molecule has 29 heavy (non-hydrogen) atoms. The Hall–Kier alpha value is -1.40. The van der Waals surface area contributed by atoms with Crippen LogP contribution in [0.2, 0.25) is 0 Å². The molecule has 0 spiro atoms. The first-order chi connectivity index (χ1) is 14.2. The fraction of sp³-hybridized carbons (Fsp3) is 0.739. The van der Waals surface area contributed by atoms with Gasteiger partial charge in [-0.3, -0.25) is 14.5 Å². The van der Waals surface area contributed by atoms with Gasteiger partial charge in [0.25, 0.3) is 5.91 Å². The Labute approximate surface area is 178 Å². The van der Waals surface area contributed by atoms with Crippen molar-refractivity contribution in [3.05, 3.63) is 22.4 Å². The van der Waals surface area contributed by atoms with Crippen LogP contribution in [0.15, 0.2) is 16.8 Å². The molecule has 0 aromatic carbocycles. The van der Waals surface area contributed by atoms with E-state index in [1.807, 2.05) is 21.7 Å². The van der Waals surface area contributed by atoms with Crippen LogP contribution in [0.1, 0.15) is 74.6 Å². The molecule has 4 rings (SSSR count). The molecule has 2 aliphatic heterocycles. The van der Waals surface area contributed by atoms with Gasteiger partial charge in [0.15, 0.2) is 0 Å². The van der Waals surface area contributed by atoms with Crippen molar-refractivity contribution in [2.24, 2.45) is 5.92 Å². The minimum Gasteiger partial charge on any atom is -0.354 e. The van der Waals surface area contributed by atoms with Crippen LogP contribution in [0.5, 0.6) is 0 Å². The van der Waals surface area contributed by atoms with Gasteiger partial charge in [0, 0.05) is 36.5 Å². The maximum absolute atomic E-state index is 12.9. The maximum atomic E-state index is 12.9. The van der Waals surface area contributed by atoms with Gasteiger partial charge in [-0.05, 0) is 63.1 Å². The summed E-state index contributed by atoms with van der Waals surface area (Å²) in [6.45, 7) is 4.56. The highest BCUT2D eigenvalue weighted by atomic mass is 32.1. The second kappa shape index (κ2) is 9.61. The molecular formula is C23H35N3O2S. The smallest absolute Gasteiger partial charge is 0.254 e. The Morgan fingerprint density at radius 2 is 1.69 bits per heavy atom. The van der Waals surface area contributed by atoms with E-state index in [4.69, 9.17) is 0 Å². The highest BCUT2D eigenvalue weighted by Gasteiger charge is 2.39. The van der Waals surface area contributed by atoms with Crippen molar-refractivity contribution < 1.29 is 9.59 Å². The maximum Gasteiger partial charge on any atom is 0.254 e. The fourth-order valence-corrected chi connectivity index (χ4v) is 6.12.